The Kier molecular flexibility index (Phi) is 4.19. The fraction of sp³-hybridized carbons (Fsp3) is 0.278. The molecule has 1 aromatic carbocycles. The monoisotopic (exact) mass is 355 g/mol. The topological polar surface area (TPSA) is 98.6 Å². The lowest BCUT2D eigenvalue weighted by Gasteiger charge is -2.19. The molecular formula is C18H17N3O5. The quantitative estimate of drug-likeness (QED) is 0.780. The number of hydroxylamine groups is 2. The lowest BCUT2D eigenvalue weighted by Crippen LogP contribution is -2.37. The van der Waals surface area contributed by atoms with Gasteiger partial charge in [-0.05, 0) is 38.5 Å². The van der Waals surface area contributed by atoms with Gasteiger partial charge in [0.05, 0.1) is 23.0 Å². The molecule has 0 radical (unpaired) electrons. The van der Waals surface area contributed by atoms with Gasteiger partial charge in [0, 0.05) is 12.4 Å². The Hall–Kier alpha value is -3.29. The smallest absolute Gasteiger partial charge is 0.329 e. The highest BCUT2D eigenvalue weighted by Gasteiger charge is 2.40. The molecule has 0 aliphatic carbocycles. The number of hydrogen-bond donors (Lipinski definition) is 0. The molecule has 0 fully saturated rings. The van der Waals surface area contributed by atoms with Crippen molar-refractivity contribution in [3.63, 3.8) is 0 Å². The van der Waals surface area contributed by atoms with E-state index in [4.69, 9.17) is 4.84 Å². The maximum absolute atomic E-state index is 12.5. The summed E-state index contributed by atoms with van der Waals surface area (Å²) in [6.07, 6.45) is 4.44. The molecule has 2 aromatic rings. The van der Waals surface area contributed by atoms with Crippen LogP contribution in [0.5, 0.6) is 0 Å². The van der Waals surface area contributed by atoms with Gasteiger partial charge < -0.3 is 4.84 Å². The van der Waals surface area contributed by atoms with Crippen molar-refractivity contribution in [2.75, 3.05) is 0 Å². The molecule has 0 bridgehead atoms. The van der Waals surface area contributed by atoms with Crippen molar-refractivity contribution in [2.45, 2.75) is 27.2 Å². The van der Waals surface area contributed by atoms with Gasteiger partial charge in [0.15, 0.2) is 0 Å². The molecule has 1 aliphatic heterocycles. The van der Waals surface area contributed by atoms with Crippen LogP contribution in [0.3, 0.4) is 0 Å². The third kappa shape index (κ3) is 3.13. The van der Waals surface area contributed by atoms with Gasteiger partial charge >= 0.3 is 5.97 Å². The zero-order chi connectivity index (χ0) is 19.1. The van der Waals surface area contributed by atoms with E-state index in [0.29, 0.717) is 10.6 Å². The van der Waals surface area contributed by atoms with Gasteiger partial charge in [-0.3, -0.25) is 19.0 Å². The first-order valence-electron chi connectivity index (χ1n) is 7.94. The number of aromatic nitrogens is 2. The second-order valence-corrected chi connectivity index (χ2v) is 6.95. The minimum absolute atomic E-state index is 0.0346. The molecule has 0 saturated carbocycles. The molecule has 1 aliphatic rings. The summed E-state index contributed by atoms with van der Waals surface area (Å²) < 4.78 is 1.33. The third-order valence-corrected chi connectivity index (χ3v) is 3.85. The standard InChI is InChI=1S/C18H17N3O5/c1-18(2,3)17(25)26-21-15(23)12-5-4-11(8-13(12)16(21)24)9-14(22)20-7-6-19-10-20/h4-8,10H,9H2,1-3H3. The molecule has 26 heavy (non-hydrogen) atoms. The summed E-state index contributed by atoms with van der Waals surface area (Å²) in [5.41, 5.74) is -0.0617. The van der Waals surface area contributed by atoms with E-state index in [-0.39, 0.29) is 23.5 Å². The highest BCUT2D eigenvalue weighted by atomic mass is 16.7. The minimum Gasteiger partial charge on any atom is -0.329 e. The number of fused-ring (bicyclic) bond motifs is 1. The van der Waals surface area contributed by atoms with Crippen LogP contribution in [0.4, 0.5) is 0 Å². The number of imidazole rings is 1. The van der Waals surface area contributed by atoms with Gasteiger partial charge in [-0.2, -0.15) is 0 Å². The van der Waals surface area contributed by atoms with Crippen LogP contribution >= 0.6 is 0 Å². The zero-order valence-corrected chi connectivity index (χ0v) is 14.6. The first-order chi connectivity index (χ1) is 12.2. The minimum atomic E-state index is -0.863. The van der Waals surface area contributed by atoms with Crippen LogP contribution < -0.4 is 0 Å². The highest BCUT2D eigenvalue weighted by Crippen LogP contribution is 2.26. The van der Waals surface area contributed by atoms with Gasteiger partial charge in [-0.15, -0.1) is 0 Å². The summed E-state index contributed by atoms with van der Waals surface area (Å²) >= 11 is 0. The molecule has 1 aromatic heterocycles. The number of amides is 2. The van der Waals surface area contributed by atoms with Crippen LogP contribution in [0.2, 0.25) is 0 Å². The molecule has 8 heteroatoms. The Labute approximate surface area is 149 Å². The van der Waals surface area contributed by atoms with Crippen LogP contribution in [-0.4, -0.2) is 38.3 Å². The number of imide groups is 1. The average molecular weight is 355 g/mol. The Morgan fingerprint density at radius 2 is 1.81 bits per heavy atom. The van der Waals surface area contributed by atoms with E-state index < -0.39 is 23.2 Å². The lowest BCUT2D eigenvalue weighted by molar-refractivity contribution is -0.178. The van der Waals surface area contributed by atoms with Crippen LogP contribution in [0, 0.1) is 5.41 Å². The number of benzene rings is 1. The molecule has 0 spiro atoms. The molecule has 0 unspecified atom stereocenters. The van der Waals surface area contributed by atoms with Crippen LogP contribution in [0.1, 0.15) is 51.8 Å². The second kappa shape index (κ2) is 6.21. The van der Waals surface area contributed by atoms with E-state index in [2.05, 4.69) is 4.98 Å². The third-order valence-electron chi connectivity index (χ3n) is 3.85. The summed E-state index contributed by atoms with van der Waals surface area (Å²) in [4.78, 5) is 57.7. The van der Waals surface area contributed by atoms with Crippen molar-refractivity contribution >= 4 is 23.7 Å². The van der Waals surface area contributed by atoms with Crippen molar-refractivity contribution in [1.82, 2.24) is 14.6 Å². The lowest BCUT2D eigenvalue weighted by atomic mass is 9.98. The van der Waals surface area contributed by atoms with E-state index in [1.165, 1.54) is 35.4 Å². The van der Waals surface area contributed by atoms with Gasteiger partial charge in [0.1, 0.15) is 6.33 Å². The molecule has 0 saturated heterocycles. The van der Waals surface area contributed by atoms with Crippen molar-refractivity contribution in [1.29, 1.82) is 0 Å². The molecule has 2 heterocycles. The van der Waals surface area contributed by atoms with E-state index >= 15 is 0 Å². The summed E-state index contributed by atoms with van der Waals surface area (Å²) in [6.45, 7) is 4.86. The molecule has 134 valence electrons. The maximum Gasteiger partial charge on any atom is 0.338 e. The summed E-state index contributed by atoms with van der Waals surface area (Å²) in [7, 11) is 0. The van der Waals surface area contributed by atoms with Crippen LogP contribution in [0.25, 0.3) is 0 Å². The van der Waals surface area contributed by atoms with Gasteiger partial charge in [0.25, 0.3) is 11.8 Å². The summed E-state index contributed by atoms with van der Waals surface area (Å²) in [5, 5.41) is 0.472. The molecule has 2 amide bonds. The number of hydrogen-bond acceptors (Lipinski definition) is 6. The Balaban J connectivity index is 1.81. The first-order valence-corrected chi connectivity index (χ1v) is 7.94. The van der Waals surface area contributed by atoms with Crippen LogP contribution in [0.15, 0.2) is 36.9 Å². The van der Waals surface area contributed by atoms with Gasteiger partial charge in [-0.1, -0.05) is 11.1 Å². The Morgan fingerprint density at radius 1 is 1.12 bits per heavy atom. The maximum atomic E-state index is 12.5. The largest absolute Gasteiger partial charge is 0.338 e. The molecule has 8 nitrogen and oxygen atoms in total. The number of rotatable bonds is 3. The van der Waals surface area contributed by atoms with Crippen molar-refractivity contribution < 1.29 is 24.0 Å². The van der Waals surface area contributed by atoms with Crippen LogP contribution in [-0.2, 0) is 16.1 Å². The number of nitrogens with zero attached hydrogens (tertiary/aromatic N) is 3. The van der Waals surface area contributed by atoms with Crippen molar-refractivity contribution in [3.05, 3.63) is 53.6 Å². The van der Waals surface area contributed by atoms with E-state index in [1.807, 2.05) is 0 Å². The average Bonchev–Trinajstić information content (AvgIpc) is 3.18. The molecule has 0 atom stereocenters. The number of carbonyl (C=O) groups excluding carboxylic acids is 4. The fourth-order valence-corrected chi connectivity index (χ4v) is 2.35. The van der Waals surface area contributed by atoms with Gasteiger partial charge in [-0.25, -0.2) is 9.78 Å². The summed E-state index contributed by atoms with van der Waals surface area (Å²) in [6, 6.07) is 4.51. The molecule has 0 N–H and O–H groups in total. The predicted octanol–water partition coefficient (Wildman–Crippen LogP) is 1.87. The SMILES string of the molecule is CC(C)(C)C(=O)ON1C(=O)c2ccc(CC(=O)n3ccnc3)cc2C1=O. The highest BCUT2D eigenvalue weighted by molar-refractivity contribution is 6.21. The van der Waals surface area contributed by atoms with E-state index in [0.717, 1.165) is 0 Å². The van der Waals surface area contributed by atoms with E-state index in [1.54, 1.807) is 26.8 Å². The predicted molar refractivity (Wildman–Crippen MR) is 89.0 cm³/mol. The zero-order valence-electron chi connectivity index (χ0n) is 14.6. The fourth-order valence-electron chi connectivity index (χ4n) is 2.35. The first kappa shape index (κ1) is 17.5. The van der Waals surface area contributed by atoms with Crippen molar-refractivity contribution in [3.8, 4) is 0 Å². The normalized spacial score (nSPS) is 13.7. The van der Waals surface area contributed by atoms with Crippen molar-refractivity contribution in [2.24, 2.45) is 5.41 Å². The van der Waals surface area contributed by atoms with E-state index in [9.17, 15) is 19.2 Å². The van der Waals surface area contributed by atoms with Gasteiger partial charge in [0.2, 0.25) is 5.91 Å². The second-order valence-electron chi connectivity index (χ2n) is 6.95. The Bertz CT molecular complexity index is 909. The Morgan fingerprint density at radius 3 is 2.42 bits per heavy atom. The molecular weight excluding hydrogens is 338 g/mol. The summed E-state index contributed by atoms with van der Waals surface area (Å²) in [5.74, 6) is -2.34. The molecule has 3 rings (SSSR count). The number of carbonyl (C=O) groups is 4.